The molecule has 78 valence electrons. The van der Waals surface area contributed by atoms with E-state index >= 15 is 0 Å². The van der Waals surface area contributed by atoms with Crippen molar-refractivity contribution in [3.8, 4) is 17.3 Å². The zero-order valence-corrected chi connectivity index (χ0v) is 10.1. The Morgan fingerprint density at radius 3 is 2.67 bits per heavy atom. The maximum Gasteiger partial charge on any atom is 0.229 e. The molecule has 1 N–H and O–H groups in total. The lowest BCUT2D eigenvalue weighted by molar-refractivity contribution is 0.456. The van der Waals surface area contributed by atoms with E-state index in [9.17, 15) is 5.11 Å². The maximum absolute atomic E-state index is 9.30. The molecular weight excluding hydrogens is 256 g/mol. The highest BCUT2D eigenvalue weighted by molar-refractivity contribution is 9.10. The minimum absolute atomic E-state index is 0.0508. The number of halogens is 1. The van der Waals surface area contributed by atoms with E-state index in [2.05, 4.69) is 20.9 Å². The van der Waals surface area contributed by atoms with Gasteiger partial charge in [-0.15, -0.1) is 0 Å². The summed E-state index contributed by atoms with van der Waals surface area (Å²) in [5, 5.41) is 9.30. The molecule has 0 bridgehead atoms. The van der Waals surface area contributed by atoms with Crippen LogP contribution in [0.25, 0.3) is 11.4 Å². The van der Waals surface area contributed by atoms with Crippen molar-refractivity contribution >= 4 is 15.9 Å². The summed E-state index contributed by atoms with van der Waals surface area (Å²) in [5.41, 5.74) is 2.15. The Kier molecular flexibility index (Phi) is 2.52. The van der Waals surface area contributed by atoms with Crippen molar-refractivity contribution in [1.82, 2.24) is 9.55 Å². The van der Waals surface area contributed by atoms with Crippen LogP contribution in [-0.2, 0) is 7.05 Å². The average molecular weight is 267 g/mol. The highest BCUT2D eigenvalue weighted by Gasteiger charge is 2.09. The largest absolute Gasteiger partial charge is 0.492 e. The number of hydrogen-bond donors (Lipinski definition) is 1. The minimum atomic E-state index is 0.0508. The fourth-order valence-electron chi connectivity index (χ4n) is 1.58. The highest BCUT2D eigenvalue weighted by atomic mass is 79.9. The minimum Gasteiger partial charge on any atom is -0.492 e. The molecule has 0 saturated heterocycles. The standard InChI is InChI=1S/C11H11BrN2O/c1-7-5-8(12)3-4-9(7)11-13-10(15)6-14(11)2/h3-6,15H,1-2H3. The summed E-state index contributed by atoms with van der Waals surface area (Å²) in [7, 11) is 1.86. The Balaban J connectivity index is 2.59. The number of aromatic nitrogens is 2. The number of benzene rings is 1. The summed E-state index contributed by atoms with van der Waals surface area (Å²) in [6.07, 6.45) is 1.59. The van der Waals surface area contributed by atoms with Crippen LogP contribution in [0.4, 0.5) is 0 Å². The van der Waals surface area contributed by atoms with Gasteiger partial charge in [0.25, 0.3) is 0 Å². The maximum atomic E-state index is 9.30. The molecule has 0 fully saturated rings. The average Bonchev–Trinajstić information content (AvgIpc) is 2.45. The van der Waals surface area contributed by atoms with Gasteiger partial charge in [-0.2, -0.15) is 4.98 Å². The summed E-state index contributed by atoms with van der Waals surface area (Å²) >= 11 is 3.42. The van der Waals surface area contributed by atoms with Crippen molar-refractivity contribution in [2.45, 2.75) is 6.92 Å². The second kappa shape index (κ2) is 3.70. The number of aromatic hydroxyl groups is 1. The number of imidazole rings is 1. The van der Waals surface area contributed by atoms with E-state index in [1.54, 1.807) is 6.20 Å². The molecule has 4 heteroatoms. The molecule has 0 amide bonds. The van der Waals surface area contributed by atoms with Crippen LogP contribution in [0.5, 0.6) is 5.88 Å². The molecule has 1 aromatic carbocycles. The smallest absolute Gasteiger partial charge is 0.229 e. The first kappa shape index (κ1) is 10.2. The van der Waals surface area contributed by atoms with Crippen molar-refractivity contribution in [2.24, 2.45) is 7.05 Å². The lowest BCUT2D eigenvalue weighted by Crippen LogP contribution is -1.93. The van der Waals surface area contributed by atoms with Crippen molar-refractivity contribution < 1.29 is 5.11 Å². The molecule has 0 saturated carbocycles. The van der Waals surface area contributed by atoms with Crippen LogP contribution in [0.15, 0.2) is 28.9 Å². The quantitative estimate of drug-likeness (QED) is 0.862. The summed E-state index contributed by atoms with van der Waals surface area (Å²) in [4.78, 5) is 4.07. The van der Waals surface area contributed by atoms with Gasteiger partial charge in [-0.05, 0) is 30.7 Å². The fraction of sp³-hybridized carbons (Fsp3) is 0.182. The molecule has 15 heavy (non-hydrogen) atoms. The van der Waals surface area contributed by atoms with Gasteiger partial charge in [0.1, 0.15) is 5.82 Å². The Hall–Kier alpha value is -1.29. The molecule has 1 heterocycles. The summed E-state index contributed by atoms with van der Waals surface area (Å²) in [6, 6.07) is 5.98. The molecule has 3 nitrogen and oxygen atoms in total. The second-order valence-electron chi connectivity index (χ2n) is 3.49. The Bertz CT molecular complexity index is 505. The SMILES string of the molecule is Cc1cc(Br)ccc1-c1nc(O)cn1C. The zero-order chi connectivity index (χ0) is 11.0. The summed E-state index contributed by atoms with van der Waals surface area (Å²) in [5.74, 6) is 0.826. The van der Waals surface area contributed by atoms with E-state index in [-0.39, 0.29) is 5.88 Å². The van der Waals surface area contributed by atoms with Crippen LogP contribution < -0.4 is 0 Å². The second-order valence-corrected chi connectivity index (χ2v) is 4.41. The highest BCUT2D eigenvalue weighted by Crippen LogP contribution is 2.26. The van der Waals surface area contributed by atoms with Gasteiger partial charge in [-0.1, -0.05) is 15.9 Å². The van der Waals surface area contributed by atoms with Gasteiger partial charge in [0.2, 0.25) is 5.88 Å². The Morgan fingerprint density at radius 2 is 2.13 bits per heavy atom. The lowest BCUT2D eigenvalue weighted by Gasteiger charge is -2.05. The predicted octanol–water partition coefficient (Wildman–Crippen LogP) is 2.86. The van der Waals surface area contributed by atoms with E-state index in [0.717, 1.165) is 21.4 Å². The lowest BCUT2D eigenvalue weighted by atomic mass is 10.1. The summed E-state index contributed by atoms with van der Waals surface area (Å²) in [6.45, 7) is 2.02. The van der Waals surface area contributed by atoms with Gasteiger partial charge < -0.3 is 9.67 Å². The van der Waals surface area contributed by atoms with E-state index < -0.39 is 0 Å². The van der Waals surface area contributed by atoms with E-state index in [4.69, 9.17) is 0 Å². The van der Waals surface area contributed by atoms with Crippen LogP contribution in [0.3, 0.4) is 0 Å². The molecule has 0 unspecified atom stereocenters. The van der Waals surface area contributed by atoms with Crippen LogP contribution in [-0.4, -0.2) is 14.7 Å². The molecule has 0 aliphatic heterocycles. The molecule has 0 aliphatic rings. The Morgan fingerprint density at radius 1 is 1.40 bits per heavy atom. The first-order valence-electron chi connectivity index (χ1n) is 4.57. The summed E-state index contributed by atoms with van der Waals surface area (Å²) < 4.78 is 2.85. The van der Waals surface area contributed by atoms with Crippen LogP contribution >= 0.6 is 15.9 Å². The molecule has 2 aromatic rings. The molecular formula is C11H11BrN2O. The zero-order valence-electron chi connectivity index (χ0n) is 8.53. The molecule has 0 atom stereocenters. The Labute approximate surface area is 96.5 Å². The van der Waals surface area contributed by atoms with Gasteiger partial charge in [-0.3, -0.25) is 0 Å². The number of hydrogen-bond acceptors (Lipinski definition) is 2. The number of rotatable bonds is 1. The molecule has 0 aliphatic carbocycles. The normalized spacial score (nSPS) is 10.6. The van der Waals surface area contributed by atoms with Crippen LogP contribution in [0.2, 0.25) is 0 Å². The van der Waals surface area contributed by atoms with E-state index in [0.29, 0.717) is 0 Å². The first-order chi connectivity index (χ1) is 7.08. The van der Waals surface area contributed by atoms with Gasteiger partial charge in [0.15, 0.2) is 0 Å². The monoisotopic (exact) mass is 266 g/mol. The predicted molar refractivity (Wildman–Crippen MR) is 62.7 cm³/mol. The third-order valence-corrected chi connectivity index (χ3v) is 2.79. The third kappa shape index (κ3) is 1.90. The van der Waals surface area contributed by atoms with Crippen molar-refractivity contribution in [3.63, 3.8) is 0 Å². The molecule has 1 aromatic heterocycles. The number of nitrogens with zero attached hydrogens (tertiary/aromatic N) is 2. The molecule has 2 rings (SSSR count). The molecule has 0 spiro atoms. The topological polar surface area (TPSA) is 38.1 Å². The van der Waals surface area contributed by atoms with Gasteiger partial charge >= 0.3 is 0 Å². The van der Waals surface area contributed by atoms with Gasteiger partial charge in [-0.25, -0.2) is 0 Å². The number of aryl methyl sites for hydroxylation is 2. The van der Waals surface area contributed by atoms with Crippen molar-refractivity contribution in [1.29, 1.82) is 0 Å². The third-order valence-electron chi connectivity index (χ3n) is 2.29. The van der Waals surface area contributed by atoms with Crippen molar-refractivity contribution in [2.75, 3.05) is 0 Å². The van der Waals surface area contributed by atoms with Gasteiger partial charge in [0.05, 0.1) is 6.20 Å². The molecule has 0 radical (unpaired) electrons. The van der Waals surface area contributed by atoms with Crippen LogP contribution in [0, 0.1) is 6.92 Å². The van der Waals surface area contributed by atoms with Gasteiger partial charge in [0, 0.05) is 17.1 Å². The van der Waals surface area contributed by atoms with Crippen molar-refractivity contribution in [3.05, 3.63) is 34.4 Å². The van der Waals surface area contributed by atoms with E-state index in [1.165, 1.54) is 0 Å². The van der Waals surface area contributed by atoms with Crippen LogP contribution in [0.1, 0.15) is 5.56 Å². The fourth-order valence-corrected chi connectivity index (χ4v) is 2.05. The first-order valence-corrected chi connectivity index (χ1v) is 5.36. The van der Waals surface area contributed by atoms with E-state index in [1.807, 2.05) is 36.7 Å².